The maximum atomic E-state index is 6.01. The van der Waals surface area contributed by atoms with E-state index in [9.17, 15) is 0 Å². The van der Waals surface area contributed by atoms with Crippen molar-refractivity contribution in [2.45, 2.75) is 39.4 Å². The molecule has 1 fully saturated rings. The van der Waals surface area contributed by atoms with Gasteiger partial charge in [0.05, 0.1) is 12.7 Å². The van der Waals surface area contributed by atoms with E-state index in [4.69, 9.17) is 4.74 Å². The normalized spacial score (nSPS) is 18.5. The van der Waals surface area contributed by atoms with E-state index in [-0.39, 0.29) is 0 Å². The van der Waals surface area contributed by atoms with Crippen molar-refractivity contribution >= 4 is 0 Å². The highest BCUT2D eigenvalue weighted by molar-refractivity contribution is 5.29. The number of ether oxygens (including phenoxy) is 1. The summed E-state index contributed by atoms with van der Waals surface area (Å²) in [5.41, 5.74) is 4.00. The molecule has 2 heteroatoms. The van der Waals surface area contributed by atoms with Crippen molar-refractivity contribution in [1.82, 2.24) is 4.90 Å². The van der Waals surface area contributed by atoms with Crippen LogP contribution in [0, 0.1) is 13.8 Å². The molecule has 0 spiro atoms. The Balaban J connectivity index is 1.85. The molecule has 0 unspecified atom stereocenters. The highest BCUT2D eigenvalue weighted by Gasteiger charge is 2.17. The molecule has 1 aromatic rings. The van der Waals surface area contributed by atoms with Crippen molar-refractivity contribution in [2.24, 2.45) is 0 Å². The minimum atomic E-state index is 0.451. The molecular formula is C15H23NO. The summed E-state index contributed by atoms with van der Waals surface area (Å²) >= 11 is 0. The number of benzene rings is 1. The van der Waals surface area contributed by atoms with Gasteiger partial charge in [-0.15, -0.1) is 0 Å². The van der Waals surface area contributed by atoms with E-state index < -0.39 is 0 Å². The zero-order chi connectivity index (χ0) is 12.3. The van der Waals surface area contributed by atoms with Gasteiger partial charge in [0.15, 0.2) is 0 Å². The molecule has 94 valence electrons. The zero-order valence-corrected chi connectivity index (χ0v) is 11.2. The molecule has 0 amide bonds. The fourth-order valence-electron chi connectivity index (χ4n) is 2.37. The third-order valence-corrected chi connectivity index (χ3v) is 3.64. The molecule has 0 N–H and O–H groups in total. The molecule has 0 radical (unpaired) electrons. The first kappa shape index (κ1) is 12.6. The van der Waals surface area contributed by atoms with Crippen molar-refractivity contribution in [3.05, 3.63) is 34.9 Å². The van der Waals surface area contributed by atoms with Gasteiger partial charge in [0.25, 0.3) is 0 Å². The van der Waals surface area contributed by atoms with Crippen LogP contribution in [-0.2, 0) is 11.3 Å². The lowest BCUT2D eigenvalue weighted by molar-refractivity contribution is 0.00194. The maximum absolute atomic E-state index is 6.01. The van der Waals surface area contributed by atoms with Crippen molar-refractivity contribution in [3.8, 4) is 0 Å². The molecule has 0 aliphatic carbocycles. The second-order valence-corrected chi connectivity index (χ2v) is 5.24. The van der Waals surface area contributed by atoms with Crippen molar-refractivity contribution in [2.75, 3.05) is 20.1 Å². The van der Waals surface area contributed by atoms with Crippen LogP contribution in [-0.4, -0.2) is 31.1 Å². The Morgan fingerprint density at radius 2 is 1.94 bits per heavy atom. The predicted octanol–water partition coefficient (Wildman–Crippen LogP) is 2.91. The topological polar surface area (TPSA) is 12.5 Å². The molecule has 0 aromatic heterocycles. The summed E-state index contributed by atoms with van der Waals surface area (Å²) < 4.78 is 6.01. The Morgan fingerprint density at radius 1 is 1.24 bits per heavy atom. The highest BCUT2D eigenvalue weighted by atomic mass is 16.5. The first-order valence-electron chi connectivity index (χ1n) is 6.51. The largest absolute Gasteiger partial charge is 0.373 e. The van der Waals surface area contributed by atoms with Crippen LogP contribution in [0.1, 0.15) is 29.5 Å². The SMILES string of the molecule is Cc1ccc(COC2CCN(C)CC2)c(C)c1. The molecule has 2 rings (SSSR count). The van der Waals surface area contributed by atoms with E-state index >= 15 is 0 Å². The molecule has 1 aromatic carbocycles. The summed E-state index contributed by atoms with van der Waals surface area (Å²) in [6.45, 7) is 7.39. The van der Waals surface area contributed by atoms with Gasteiger partial charge in [0.1, 0.15) is 0 Å². The Morgan fingerprint density at radius 3 is 2.59 bits per heavy atom. The van der Waals surface area contributed by atoms with Gasteiger partial charge in [0.2, 0.25) is 0 Å². The van der Waals surface area contributed by atoms with Gasteiger partial charge in [-0.3, -0.25) is 0 Å². The van der Waals surface area contributed by atoms with E-state index in [2.05, 4.69) is 44.0 Å². The molecule has 0 bridgehead atoms. The summed E-state index contributed by atoms with van der Waals surface area (Å²) in [5.74, 6) is 0. The number of aryl methyl sites for hydroxylation is 2. The third kappa shape index (κ3) is 3.55. The molecule has 1 saturated heterocycles. The summed E-state index contributed by atoms with van der Waals surface area (Å²) in [6.07, 6.45) is 2.79. The number of hydrogen-bond acceptors (Lipinski definition) is 2. The van der Waals surface area contributed by atoms with Gasteiger partial charge in [-0.2, -0.15) is 0 Å². The van der Waals surface area contributed by atoms with Crippen LogP contribution in [0.15, 0.2) is 18.2 Å². The smallest absolute Gasteiger partial charge is 0.0723 e. The van der Waals surface area contributed by atoms with Crippen LogP contribution >= 0.6 is 0 Å². The number of hydrogen-bond donors (Lipinski definition) is 0. The van der Waals surface area contributed by atoms with Crippen LogP contribution in [0.25, 0.3) is 0 Å². The lowest BCUT2D eigenvalue weighted by Crippen LogP contribution is -2.34. The Labute approximate surface area is 105 Å². The lowest BCUT2D eigenvalue weighted by Gasteiger charge is -2.29. The van der Waals surface area contributed by atoms with Gasteiger partial charge < -0.3 is 9.64 Å². The summed E-state index contributed by atoms with van der Waals surface area (Å²) in [4.78, 5) is 2.37. The summed E-state index contributed by atoms with van der Waals surface area (Å²) in [7, 11) is 2.18. The third-order valence-electron chi connectivity index (χ3n) is 3.64. The fraction of sp³-hybridized carbons (Fsp3) is 0.600. The second kappa shape index (κ2) is 5.65. The van der Waals surface area contributed by atoms with E-state index in [0.717, 1.165) is 19.7 Å². The summed E-state index contributed by atoms with van der Waals surface area (Å²) in [6, 6.07) is 6.59. The minimum absolute atomic E-state index is 0.451. The quantitative estimate of drug-likeness (QED) is 0.796. The van der Waals surface area contributed by atoms with E-state index in [1.165, 1.54) is 29.5 Å². The second-order valence-electron chi connectivity index (χ2n) is 5.24. The van der Waals surface area contributed by atoms with Crippen LogP contribution in [0.3, 0.4) is 0 Å². The van der Waals surface area contributed by atoms with E-state index in [1.807, 2.05) is 0 Å². The molecule has 1 aliphatic heterocycles. The lowest BCUT2D eigenvalue weighted by atomic mass is 10.1. The monoisotopic (exact) mass is 233 g/mol. The highest BCUT2D eigenvalue weighted by Crippen LogP contribution is 2.17. The molecule has 17 heavy (non-hydrogen) atoms. The van der Waals surface area contributed by atoms with Gasteiger partial charge in [-0.25, -0.2) is 0 Å². The van der Waals surface area contributed by atoms with E-state index in [1.54, 1.807) is 0 Å². The van der Waals surface area contributed by atoms with Crippen LogP contribution in [0.2, 0.25) is 0 Å². The standard InChI is InChI=1S/C15H23NO/c1-12-4-5-14(13(2)10-12)11-17-15-6-8-16(3)9-7-15/h4-5,10,15H,6-9,11H2,1-3H3. The first-order chi connectivity index (χ1) is 8.15. The molecular weight excluding hydrogens is 210 g/mol. The van der Waals surface area contributed by atoms with Crippen molar-refractivity contribution < 1.29 is 4.74 Å². The van der Waals surface area contributed by atoms with Crippen LogP contribution in [0.5, 0.6) is 0 Å². The molecule has 1 aliphatic rings. The number of nitrogens with zero attached hydrogens (tertiary/aromatic N) is 1. The molecule has 2 nitrogen and oxygen atoms in total. The Bertz CT molecular complexity index is 367. The minimum Gasteiger partial charge on any atom is -0.373 e. The van der Waals surface area contributed by atoms with E-state index in [0.29, 0.717) is 6.10 Å². The zero-order valence-electron chi connectivity index (χ0n) is 11.2. The Hall–Kier alpha value is -0.860. The Kier molecular flexibility index (Phi) is 4.19. The molecule has 1 heterocycles. The average molecular weight is 233 g/mol. The average Bonchev–Trinajstić information content (AvgIpc) is 2.30. The molecule has 0 atom stereocenters. The number of likely N-dealkylation sites (tertiary alicyclic amines) is 1. The van der Waals surface area contributed by atoms with Gasteiger partial charge in [-0.1, -0.05) is 23.8 Å². The van der Waals surface area contributed by atoms with Gasteiger partial charge in [0, 0.05) is 13.1 Å². The van der Waals surface area contributed by atoms with Crippen molar-refractivity contribution in [3.63, 3.8) is 0 Å². The van der Waals surface area contributed by atoms with Crippen LogP contribution in [0.4, 0.5) is 0 Å². The number of rotatable bonds is 3. The van der Waals surface area contributed by atoms with Gasteiger partial charge >= 0.3 is 0 Å². The molecule has 0 saturated carbocycles. The maximum Gasteiger partial charge on any atom is 0.0723 e. The first-order valence-corrected chi connectivity index (χ1v) is 6.51. The van der Waals surface area contributed by atoms with Crippen LogP contribution < -0.4 is 0 Å². The fourth-order valence-corrected chi connectivity index (χ4v) is 2.37. The number of piperidine rings is 1. The van der Waals surface area contributed by atoms with Crippen molar-refractivity contribution in [1.29, 1.82) is 0 Å². The summed E-state index contributed by atoms with van der Waals surface area (Å²) in [5, 5.41) is 0. The predicted molar refractivity (Wildman–Crippen MR) is 71.2 cm³/mol. The van der Waals surface area contributed by atoms with Gasteiger partial charge in [-0.05, 0) is 44.9 Å².